The molecule has 10 heteroatoms. The van der Waals surface area contributed by atoms with Crippen molar-refractivity contribution < 1.29 is 17.7 Å². The molecule has 1 amide bonds. The zero-order valence-electron chi connectivity index (χ0n) is 21.8. The van der Waals surface area contributed by atoms with Gasteiger partial charge in [-0.3, -0.25) is 19.4 Å². The van der Waals surface area contributed by atoms with E-state index in [-0.39, 0.29) is 16.6 Å². The van der Waals surface area contributed by atoms with Gasteiger partial charge in [-0.1, -0.05) is 49.4 Å². The number of aliphatic imine (C=N–C) groups is 1. The van der Waals surface area contributed by atoms with Crippen molar-refractivity contribution in [2.24, 2.45) is 10.9 Å². The summed E-state index contributed by atoms with van der Waals surface area (Å²) in [7, 11) is -3.93. The maximum Gasteiger partial charge on any atom is 0.265 e. The van der Waals surface area contributed by atoms with E-state index in [1.807, 2.05) is 23.4 Å². The molecule has 0 saturated heterocycles. The number of sulfonamides is 1. The van der Waals surface area contributed by atoms with Gasteiger partial charge < -0.3 is 9.09 Å². The number of aromatic nitrogens is 2. The molecule has 3 aromatic rings. The Hall–Kier alpha value is -3.40. The van der Waals surface area contributed by atoms with Gasteiger partial charge in [0.1, 0.15) is 22.0 Å². The second-order valence-corrected chi connectivity index (χ2v) is 12.5. The van der Waals surface area contributed by atoms with E-state index < -0.39 is 15.6 Å². The van der Waals surface area contributed by atoms with E-state index >= 15 is 0 Å². The highest BCUT2D eigenvalue weighted by molar-refractivity contribution is 7.92. The summed E-state index contributed by atoms with van der Waals surface area (Å²) in [5, 5.41) is 3.84. The van der Waals surface area contributed by atoms with Crippen molar-refractivity contribution in [3.8, 4) is 5.69 Å². The number of amides is 1. The number of nitrogens with one attached hydrogen (secondary N) is 1. The van der Waals surface area contributed by atoms with Crippen LogP contribution >= 0.6 is 0 Å². The van der Waals surface area contributed by atoms with Gasteiger partial charge in [-0.2, -0.15) is 0 Å². The number of nitrogens with zero attached hydrogens (tertiary/aromatic N) is 4. The summed E-state index contributed by atoms with van der Waals surface area (Å²) in [6, 6.07) is 8.76. The maximum absolute atomic E-state index is 13.6. The minimum atomic E-state index is -3.93. The van der Waals surface area contributed by atoms with Crippen molar-refractivity contribution in [1.29, 1.82) is 0 Å². The van der Waals surface area contributed by atoms with E-state index in [4.69, 9.17) is 9.52 Å². The van der Waals surface area contributed by atoms with Gasteiger partial charge in [-0.05, 0) is 56.4 Å². The first-order chi connectivity index (χ1) is 18.3. The fraction of sp³-hybridized carbons (Fsp3) is 0.464. The maximum atomic E-state index is 13.6. The van der Waals surface area contributed by atoms with E-state index in [1.54, 1.807) is 42.7 Å². The SMILES string of the molecule is Cc1onc(NS(=O)(=O)c2ccccc2-n2ccc(CN3C(=O)C4(CCCC4)N=C3CC3CCC3)c2)c1C. The highest BCUT2D eigenvalue weighted by Gasteiger charge is 2.49. The third-order valence-electron chi connectivity index (χ3n) is 8.34. The smallest absolute Gasteiger partial charge is 0.265 e. The highest BCUT2D eigenvalue weighted by atomic mass is 32.2. The molecular weight excluding hydrogens is 502 g/mol. The normalized spacial score (nSPS) is 19.3. The predicted octanol–water partition coefficient (Wildman–Crippen LogP) is 5.13. The lowest BCUT2D eigenvalue weighted by molar-refractivity contribution is -0.131. The number of rotatable bonds is 8. The van der Waals surface area contributed by atoms with Crippen LogP contribution in [0.25, 0.3) is 5.69 Å². The summed E-state index contributed by atoms with van der Waals surface area (Å²) < 4.78 is 36.1. The summed E-state index contributed by atoms with van der Waals surface area (Å²) in [5.74, 6) is 2.41. The van der Waals surface area contributed by atoms with Gasteiger partial charge in [0.2, 0.25) is 0 Å². The lowest BCUT2D eigenvalue weighted by atomic mass is 9.82. The zero-order valence-corrected chi connectivity index (χ0v) is 22.6. The van der Waals surface area contributed by atoms with Crippen LogP contribution in [0, 0.1) is 19.8 Å². The van der Waals surface area contributed by atoms with Gasteiger partial charge >= 0.3 is 0 Å². The molecule has 3 aliphatic rings. The molecule has 0 unspecified atom stereocenters. The second kappa shape index (κ2) is 9.41. The van der Waals surface area contributed by atoms with Crippen LogP contribution in [0.3, 0.4) is 0 Å². The van der Waals surface area contributed by atoms with Gasteiger partial charge in [0.15, 0.2) is 5.82 Å². The number of carbonyl (C=O) groups is 1. The molecule has 0 atom stereocenters. The standard InChI is InChI=1S/C28H33N5O4S/c1-19-20(2)37-30-26(19)31-38(35,36)24-11-4-3-10-23(24)32-15-12-22(17-32)18-33-25(16-21-8-7-9-21)29-28(27(33)34)13-5-6-14-28/h3-4,10-12,15,17,21H,5-9,13-14,16,18H2,1-2H3,(H,30,31). The fourth-order valence-electron chi connectivity index (χ4n) is 5.74. The number of hydrogen-bond acceptors (Lipinski definition) is 6. The third-order valence-corrected chi connectivity index (χ3v) is 9.73. The van der Waals surface area contributed by atoms with Crippen LogP contribution in [0.5, 0.6) is 0 Å². The van der Waals surface area contributed by atoms with Crippen molar-refractivity contribution >= 4 is 27.6 Å². The Bertz CT molecular complexity index is 1510. The molecule has 2 aliphatic carbocycles. The molecule has 6 rings (SSSR count). The molecule has 0 radical (unpaired) electrons. The van der Waals surface area contributed by atoms with Crippen molar-refractivity contribution in [2.75, 3.05) is 4.72 Å². The van der Waals surface area contributed by atoms with E-state index in [9.17, 15) is 13.2 Å². The summed E-state index contributed by atoms with van der Waals surface area (Å²) in [4.78, 5) is 20.7. The van der Waals surface area contributed by atoms with Crippen molar-refractivity contribution in [3.05, 3.63) is 59.6 Å². The fourth-order valence-corrected chi connectivity index (χ4v) is 7.00. The molecule has 1 N–H and O–H groups in total. The van der Waals surface area contributed by atoms with Gasteiger partial charge in [0, 0.05) is 24.4 Å². The number of anilines is 1. The number of hydrogen-bond donors (Lipinski definition) is 1. The van der Waals surface area contributed by atoms with E-state index in [2.05, 4.69) is 9.88 Å². The molecule has 200 valence electrons. The molecule has 1 spiro atoms. The molecule has 2 saturated carbocycles. The second-order valence-electron chi connectivity index (χ2n) is 10.9. The van der Waals surface area contributed by atoms with E-state index in [0.29, 0.717) is 29.5 Å². The lowest BCUT2D eigenvalue weighted by Crippen LogP contribution is -2.41. The van der Waals surface area contributed by atoms with Crippen LogP contribution in [0.4, 0.5) is 5.82 Å². The predicted molar refractivity (Wildman–Crippen MR) is 144 cm³/mol. The van der Waals surface area contributed by atoms with Gasteiger partial charge in [-0.25, -0.2) is 8.42 Å². The van der Waals surface area contributed by atoms with Crippen LogP contribution in [-0.4, -0.2) is 40.3 Å². The first-order valence-electron chi connectivity index (χ1n) is 13.4. The quantitative estimate of drug-likeness (QED) is 0.430. The monoisotopic (exact) mass is 535 g/mol. The summed E-state index contributed by atoms with van der Waals surface area (Å²) in [6.07, 6.45) is 12.0. The van der Waals surface area contributed by atoms with E-state index in [1.165, 1.54) is 19.3 Å². The van der Waals surface area contributed by atoms with Crippen molar-refractivity contribution in [1.82, 2.24) is 14.6 Å². The Balaban J connectivity index is 1.26. The Morgan fingerprint density at radius 1 is 1.11 bits per heavy atom. The molecule has 3 heterocycles. The Labute approximate surface area is 223 Å². The number of amidine groups is 1. The van der Waals surface area contributed by atoms with Crippen molar-refractivity contribution in [2.45, 2.75) is 82.2 Å². The summed E-state index contributed by atoms with van der Waals surface area (Å²) in [6.45, 7) is 3.92. The zero-order chi connectivity index (χ0) is 26.5. The molecule has 1 aromatic carbocycles. The molecule has 1 aliphatic heterocycles. The Morgan fingerprint density at radius 3 is 2.55 bits per heavy atom. The average Bonchev–Trinajstić information content (AvgIpc) is 3.65. The number of para-hydroxylation sites is 1. The number of carbonyl (C=O) groups excluding carboxylic acids is 1. The number of benzene rings is 1. The van der Waals surface area contributed by atoms with Gasteiger partial charge in [0.05, 0.1) is 12.2 Å². The first kappa shape index (κ1) is 24.9. The Morgan fingerprint density at radius 2 is 1.87 bits per heavy atom. The van der Waals surface area contributed by atoms with E-state index in [0.717, 1.165) is 43.5 Å². The molecule has 2 fully saturated rings. The van der Waals surface area contributed by atoms with Crippen LogP contribution in [0.2, 0.25) is 0 Å². The van der Waals surface area contributed by atoms with Gasteiger partial charge in [0.25, 0.3) is 15.9 Å². The topological polar surface area (TPSA) is 110 Å². The summed E-state index contributed by atoms with van der Waals surface area (Å²) >= 11 is 0. The van der Waals surface area contributed by atoms with Crippen molar-refractivity contribution in [3.63, 3.8) is 0 Å². The molecular formula is C28H33N5O4S. The molecule has 2 aromatic heterocycles. The first-order valence-corrected chi connectivity index (χ1v) is 14.9. The van der Waals surface area contributed by atoms with Crippen LogP contribution in [0.15, 0.2) is 57.1 Å². The minimum Gasteiger partial charge on any atom is -0.359 e. The van der Waals surface area contributed by atoms with Gasteiger partial charge in [-0.15, -0.1) is 0 Å². The molecule has 38 heavy (non-hydrogen) atoms. The average molecular weight is 536 g/mol. The largest absolute Gasteiger partial charge is 0.359 e. The summed E-state index contributed by atoms with van der Waals surface area (Å²) in [5.41, 5.74) is 1.51. The molecule has 0 bridgehead atoms. The van der Waals surface area contributed by atoms with Crippen LogP contribution < -0.4 is 4.72 Å². The molecule has 9 nitrogen and oxygen atoms in total. The number of aryl methyl sites for hydroxylation is 1. The lowest BCUT2D eigenvalue weighted by Gasteiger charge is -2.28. The Kier molecular flexibility index (Phi) is 6.17. The van der Waals surface area contributed by atoms with Crippen LogP contribution in [-0.2, 0) is 21.4 Å². The van der Waals surface area contributed by atoms with Crippen LogP contribution in [0.1, 0.15) is 68.3 Å². The minimum absolute atomic E-state index is 0.122. The highest BCUT2D eigenvalue weighted by Crippen LogP contribution is 2.41. The third kappa shape index (κ3) is 4.34.